The number of fused-ring (bicyclic) bond motifs is 7. The Morgan fingerprint density at radius 3 is 2.66 bits per heavy atom. The Labute approximate surface area is 413 Å². The number of H-pyrrole nitrogens is 1. The lowest BCUT2D eigenvalue weighted by atomic mass is 9.37. The number of hydrogen-bond acceptors (Lipinski definition) is 14. The number of aromatic nitrogens is 1. The lowest BCUT2D eigenvalue weighted by molar-refractivity contribution is -0.278. The van der Waals surface area contributed by atoms with E-state index >= 15 is 0 Å². The molecule has 378 valence electrons. The van der Waals surface area contributed by atoms with Crippen molar-refractivity contribution in [3.8, 4) is 17.2 Å². The van der Waals surface area contributed by atoms with E-state index in [0.29, 0.717) is 56.1 Å². The number of allylic oxidation sites excluding steroid dienone is 4. The average molecular weight is 975 g/mol. The third kappa shape index (κ3) is 7.11. The smallest absolute Gasteiger partial charge is 0.375 e. The zero-order valence-electron chi connectivity index (χ0n) is 40.7. The molecule has 9 atom stereocenters. The van der Waals surface area contributed by atoms with Crippen LogP contribution in [-0.2, 0) is 43.3 Å². The molecule has 6 bridgehead atoms. The van der Waals surface area contributed by atoms with Gasteiger partial charge in [-0.05, 0) is 123 Å². The lowest BCUT2D eigenvalue weighted by Crippen LogP contribution is -2.79. The maximum atomic E-state index is 14.7. The second-order valence-electron chi connectivity index (χ2n) is 21.4. The number of carbonyl (C=O) groups is 3. The first-order valence-corrected chi connectivity index (χ1v) is 25.7. The molecule has 1 saturated heterocycles. The first kappa shape index (κ1) is 48.2. The van der Waals surface area contributed by atoms with Gasteiger partial charge in [0, 0.05) is 98.4 Å². The zero-order chi connectivity index (χ0) is 49.5. The number of aliphatic hydroxyl groups is 5. The van der Waals surface area contributed by atoms with Crippen molar-refractivity contribution in [3.05, 3.63) is 93.4 Å². The van der Waals surface area contributed by atoms with Gasteiger partial charge in [-0.1, -0.05) is 23.8 Å². The number of Topliss-reactive ketones (excluding diaryl/α,β-unsaturated/α-hetero) is 1. The summed E-state index contributed by atoms with van der Waals surface area (Å²) in [6, 6.07) is 5.99. The molecule has 2 aromatic carbocycles. The van der Waals surface area contributed by atoms with Crippen molar-refractivity contribution < 1.29 is 63.6 Å². The molecule has 3 aromatic rings. The molecule has 11 rings (SSSR count). The summed E-state index contributed by atoms with van der Waals surface area (Å²) in [6.07, 6.45) is 15.7. The molecular weight excluding hydrogens is 909 g/mol. The van der Waals surface area contributed by atoms with Gasteiger partial charge in [0.15, 0.2) is 11.9 Å². The van der Waals surface area contributed by atoms with Gasteiger partial charge in [0.1, 0.15) is 28.6 Å². The van der Waals surface area contributed by atoms with Gasteiger partial charge in [0.2, 0.25) is 5.76 Å². The molecular formula is C56H66N2O13. The summed E-state index contributed by atoms with van der Waals surface area (Å²) in [6.45, 7) is 3.22. The number of carbonyl (C=O) groups excluding carboxylic acids is 3. The minimum absolute atomic E-state index is 0.00599. The number of aliphatic hydroxyl groups excluding tert-OH is 4. The van der Waals surface area contributed by atoms with Crippen molar-refractivity contribution in [1.82, 2.24) is 9.88 Å². The zero-order valence-corrected chi connectivity index (χ0v) is 40.7. The monoisotopic (exact) mass is 974 g/mol. The third-order valence-corrected chi connectivity index (χ3v) is 18.1. The van der Waals surface area contributed by atoms with Crippen LogP contribution in [0.15, 0.2) is 65.6 Å². The summed E-state index contributed by atoms with van der Waals surface area (Å²) in [4.78, 5) is 48.3. The molecule has 15 nitrogen and oxygen atoms in total. The highest BCUT2D eigenvalue weighted by Gasteiger charge is 2.77. The minimum atomic E-state index is -1.54. The summed E-state index contributed by atoms with van der Waals surface area (Å²) in [7, 11) is 1.71. The molecule has 6 N–H and O–H groups in total. The standard InChI is InChI=1S/C56H66N2O13/c1-3-68-52(65)51-41(29-62)45-35-21-36(28-61)47(64)39(23-35)38-22-34-9-16-57-43(34)24-33(38)6-5-32(27-60)31-69-49-40-25-55(71-48(40)42(30-63)50(70-51)46(45)49)13-11-53(15-19-59)10-12-54-14-18-58(17-4-20-67-2)26-37(54)7-8-44(53)56(54,55)66/h7-9,11,13,16,22,24,29,32,36-37,39,44,57,59-61,63,66H,3-6,10,12,14-15,17-21,23,25-28,30-31H2,1-2H3. The number of piperidine rings is 1. The maximum Gasteiger partial charge on any atom is 0.375 e. The number of hydrogen-bond donors (Lipinski definition) is 6. The molecule has 0 radical (unpaired) electrons. The van der Waals surface area contributed by atoms with Crippen molar-refractivity contribution in [2.24, 2.45) is 34.5 Å². The molecule has 5 heterocycles. The molecule has 15 heteroatoms. The first-order valence-electron chi connectivity index (χ1n) is 25.7. The molecule has 8 aliphatic rings. The van der Waals surface area contributed by atoms with Crippen LogP contribution in [0.4, 0.5) is 0 Å². The molecule has 0 amide bonds. The van der Waals surface area contributed by atoms with E-state index in [1.165, 1.54) is 0 Å². The normalized spacial score (nSPS) is 32.7. The predicted octanol–water partition coefficient (Wildman–Crippen LogP) is 5.18. The van der Waals surface area contributed by atoms with Gasteiger partial charge in [-0.2, -0.15) is 0 Å². The van der Waals surface area contributed by atoms with E-state index in [1.54, 1.807) is 14.0 Å². The fourth-order valence-electron chi connectivity index (χ4n) is 14.7. The summed E-state index contributed by atoms with van der Waals surface area (Å²) in [5, 5.41) is 59.7. The number of nitrogens with one attached hydrogen (secondary N) is 1. The van der Waals surface area contributed by atoms with E-state index in [2.05, 4.69) is 28.1 Å². The molecule has 4 aliphatic heterocycles. The van der Waals surface area contributed by atoms with Crippen LogP contribution in [0, 0.1) is 34.5 Å². The number of benzene rings is 2. The van der Waals surface area contributed by atoms with Crippen molar-refractivity contribution in [3.63, 3.8) is 0 Å². The topological polar surface area (TPSA) is 218 Å². The van der Waals surface area contributed by atoms with Gasteiger partial charge in [0.25, 0.3) is 0 Å². The van der Waals surface area contributed by atoms with Gasteiger partial charge >= 0.3 is 5.97 Å². The molecule has 2 spiro atoms. The molecule has 3 fully saturated rings. The highest BCUT2D eigenvalue weighted by molar-refractivity contribution is 6.11. The summed E-state index contributed by atoms with van der Waals surface area (Å²) < 4.78 is 32.1. The number of methoxy groups -OCH3 is 1. The SMILES string of the molecule is CCOC(=O)C1=C(C=O)C2=C3CC(CO)C(=O)C(C3)c3cc4cc[nH]c4cc3CCC(CO)COc3c4c(c(CO)c(c32)O1)OC1(C=CC2(CCO)CCC35CCN(CCCOC)CC3C=CC2C15O)C4. The van der Waals surface area contributed by atoms with Crippen molar-refractivity contribution in [2.45, 2.75) is 94.9 Å². The molecule has 1 aromatic heterocycles. The Morgan fingerprint density at radius 1 is 1.04 bits per heavy atom. The van der Waals surface area contributed by atoms with Crippen LogP contribution in [0.5, 0.6) is 17.2 Å². The van der Waals surface area contributed by atoms with Crippen LogP contribution >= 0.6 is 0 Å². The number of aryl methyl sites for hydroxylation is 1. The molecule has 2 saturated carbocycles. The molecule has 71 heavy (non-hydrogen) atoms. The molecule has 9 unspecified atom stereocenters. The van der Waals surface area contributed by atoms with Crippen molar-refractivity contribution >= 4 is 34.5 Å². The highest BCUT2D eigenvalue weighted by Crippen LogP contribution is 2.73. The van der Waals surface area contributed by atoms with Crippen LogP contribution in [-0.4, -0.2) is 131 Å². The van der Waals surface area contributed by atoms with E-state index in [-0.39, 0.29) is 96.9 Å². The first-order chi connectivity index (χ1) is 34.5. The number of ketones is 1. The number of nitrogens with zero attached hydrogens (tertiary/aromatic N) is 1. The minimum Gasteiger partial charge on any atom is -0.492 e. The Bertz CT molecular complexity index is 2790. The van der Waals surface area contributed by atoms with E-state index in [4.69, 9.17) is 23.7 Å². The van der Waals surface area contributed by atoms with Crippen LogP contribution in [0.3, 0.4) is 0 Å². The average Bonchev–Trinajstić information content (AvgIpc) is 4.01. The number of likely N-dealkylation sites (tertiary alicyclic amines) is 1. The number of aldehydes is 1. The van der Waals surface area contributed by atoms with Crippen molar-refractivity contribution in [1.29, 1.82) is 0 Å². The molecule has 4 aliphatic carbocycles. The van der Waals surface area contributed by atoms with Gasteiger partial charge in [-0.25, -0.2) is 4.79 Å². The van der Waals surface area contributed by atoms with Gasteiger partial charge in [-0.3, -0.25) is 9.59 Å². The Hall–Kier alpha value is -5.13. The quantitative estimate of drug-likeness (QED) is 0.0597. The summed E-state index contributed by atoms with van der Waals surface area (Å²) in [5.74, 6) is -3.48. The number of esters is 1. The fourth-order valence-corrected chi connectivity index (χ4v) is 14.7. The fraction of sp³-hybridized carbons (Fsp3) is 0.554. The lowest BCUT2D eigenvalue weighted by Gasteiger charge is -2.71. The number of rotatable bonds is 12. The largest absolute Gasteiger partial charge is 0.492 e. The highest BCUT2D eigenvalue weighted by atomic mass is 16.6. The van der Waals surface area contributed by atoms with Crippen LogP contribution in [0.25, 0.3) is 16.5 Å². The van der Waals surface area contributed by atoms with E-state index in [9.17, 15) is 39.9 Å². The van der Waals surface area contributed by atoms with E-state index in [1.807, 2.05) is 30.5 Å². The van der Waals surface area contributed by atoms with Gasteiger partial charge in [0.05, 0.1) is 43.1 Å². The van der Waals surface area contributed by atoms with Gasteiger partial charge < -0.3 is 59.1 Å². The Morgan fingerprint density at radius 2 is 1.90 bits per heavy atom. The predicted molar refractivity (Wildman–Crippen MR) is 261 cm³/mol. The summed E-state index contributed by atoms with van der Waals surface area (Å²) in [5.41, 5.74) is 0.156. The van der Waals surface area contributed by atoms with E-state index < -0.39 is 70.6 Å². The second-order valence-corrected chi connectivity index (χ2v) is 21.4. The van der Waals surface area contributed by atoms with Gasteiger partial charge in [-0.15, -0.1) is 0 Å². The van der Waals surface area contributed by atoms with Crippen LogP contribution in [0.2, 0.25) is 0 Å². The third-order valence-electron chi connectivity index (χ3n) is 18.1. The second kappa shape index (κ2) is 18.4. The van der Waals surface area contributed by atoms with Crippen LogP contribution in [0.1, 0.15) is 92.0 Å². The Balaban J connectivity index is 1.15. The number of aromatic amines is 1. The van der Waals surface area contributed by atoms with Crippen LogP contribution < -0.4 is 14.2 Å². The Kier molecular flexibility index (Phi) is 12.5. The maximum absolute atomic E-state index is 14.7. The summed E-state index contributed by atoms with van der Waals surface area (Å²) >= 11 is 0. The number of ether oxygens (including phenoxy) is 5. The van der Waals surface area contributed by atoms with Crippen molar-refractivity contribution in [2.75, 3.05) is 66.4 Å². The van der Waals surface area contributed by atoms with E-state index in [0.717, 1.165) is 54.5 Å².